The van der Waals surface area contributed by atoms with E-state index in [0.29, 0.717) is 12.1 Å². The maximum atomic E-state index is 12.0. The van der Waals surface area contributed by atoms with Gasteiger partial charge in [0.1, 0.15) is 0 Å². The molecule has 2 aromatic carbocycles. The summed E-state index contributed by atoms with van der Waals surface area (Å²) in [7, 11) is 1.40. The highest BCUT2D eigenvalue weighted by Crippen LogP contribution is 2.28. The summed E-state index contributed by atoms with van der Waals surface area (Å²) < 4.78 is 4.90. The van der Waals surface area contributed by atoms with E-state index in [-0.39, 0.29) is 5.97 Å². The molecule has 0 atom stereocenters. The van der Waals surface area contributed by atoms with Crippen molar-refractivity contribution in [2.45, 2.75) is 13.5 Å². The predicted molar refractivity (Wildman–Crippen MR) is 99.5 cm³/mol. The zero-order valence-corrected chi connectivity index (χ0v) is 14.3. The van der Waals surface area contributed by atoms with Gasteiger partial charge in [0, 0.05) is 11.9 Å². The van der Waals surface area contributed by atoms with Crippen LogP contribution in [0.15, 0.2) is 66.9 Å². The van der Waals surface area contributed by atoms with Gasteiger partial charge in [0.15, 0.2) is 0 Å². The molecule has 0 radical (unpaired) electrons. The van der Waals surface area contributed by atoms with Crippen LogP contribution in [-0.2, 0) is 11.3 Å². The highest BCUT2D eigenvalue weighted by Gasteiger charge is 2.13. The predicted octanol–water partition coefficient (Wildman–Crippen LogP) is 4.46. The summed E-state index contributed by atoms with van der Waals surface area (Å²) in [4.78, 5) is 16.4. The van der Waals surface area contributed by atoms with Crippen LogP contribution in [0, 0.1) is 6.92 Å². The lowest BCUT2D eigenvalue weighted by atomic mass is 9.97. The first-order valence-corrected chi connectivity index (χ1v) is 8.10. The Morgan fingerprint density at radius 2 is 1.88 bits per heavy atom. The molecule has 0 saturated carbocycles. The van der Waals surface area contributed by atoms with Gasteiger partial charge in [-0.05, 0) is 53.9 Å². The molecule has 3 rings (SSSR count). The minimum atomic E-state index is -0.333. The van der Waals surface area contributed by atoms with E-state index >= 15 is 0 Å². The maximum absolute atomic E-state index is 12.0. The Morgan fingerprint density at radius 3 is 2.64 bits per heavy atom. The molecule has 4 nitrogen and oxygen atoms in total. The Hall–Kier alpha value is -3.14. The van der Waals surface area contributed by atoms with Gasteiger partial charge < -0.3 is 10.1 Å². The fourth-order valence-electron chi connectivity index (χ4n) is 2.76. The van der Waals surface area contributed by atoms with Gasteiger partial charge >= 0.3 is 5.97 Å². The fraction of sp³-hybridized carbons (Fsp3) is 0.143. The number of nitrogens with one attached hydrogen (secondary N) is 1. The van der Waals surface area contributed by atoms with Crippen molar-refractivity contribution in [1.82, 2.24) is 4.98 Å². The maximum Gasteiger partial charge on any atom is 0.338 e. The molecule has 25 heavy (non-hydrogen) atoms. The van der Waals surface area contributed by atoms with E-state index in [9.17, 15) is 4.79 Å². The van der Waals surface area contributed by atoms with Gasteiger partial charge in [-0.1, -0.05) is 30.3 Å². The van der Waals surface area contributed by atoms with Gasteiger partial charge in [0.25, 0.3) is 0 Å². The number of nitrogens with zero attached hydrogens (tertiary/aromatic N) is 1. The molecule has 0 aliphatic heterocycles. The second-order valence-electron chi connectivity index (χ2n) is 5.80. The van der Waals surface area contributed by atoms with Crippen LogP contribution in [0.3, 0.4) is 0 Å². The first-order valence-electron chi connectivity index (χ1n) is 8.10. The Morgan fingerprint density at radius 1 is 1.08 bits per heavy atom. The number of esters is 1. The molecule has 4 heteroatoms. The van der Waals surface area contributed by atoms with Gasteiger partial charge in [0.2, 0.25) is 0 Å². The van der Waals surface area contributed by atoms with Crippen LogP contribution in [0.25, 0.3) is 11.1 Å². The molecule has 1 heterocycles. The lowest BCUT2D eigenvalue weighted by Gasteiger charge is -2.12. The minimum absolute atomic E-state index is 0.333. The number of hydrogen-bond donors (Lipinski definition) is 1. The number of aromatic nitrogens is 1. The lowest BCUT2D eigenvalue weighted by Crippen LogP contribution is -2.04. The highest BCUT2D eigenvalue weighted by atomic mass is 16.5. The Bertz CT molecular complexity index is 876. The molecule has 0 fully saturated rings. The minimum Gasteiger partial charge on any atom is -0.465 e. The summed E-state index contributed by atoms with van der Waals surface area (Å²) in [6.07, 6.45) is 1.78. The van der Waals surface area contributed by atoms with Crippen molar-refractivity contribution < 1.29 is 9.53 Å². The molecule has 0 bridgehead atoms. The molecule has 0 spiro atoms. The number of benzene rings is 2. The topological polar surface area (TPSA) is 51.2 Å². The smallest absolute Gasteiger partial charge is 0.338 e. The van der Waals surface area contributed by atoms with Crippen molar-refractivity contribution in [2.75, 3.05) is 12.4 Å². The van der Waals surface area contributed by atoms with Crippen LogP contribution in [0.4, 0.5) is 5.69 Å². The number of anilines is 1. The van der Waals surface area contributed by atoms with Crippen molar-refractivity contribution in [1.29, 1.82) is 0 Å². The SMILES string of the molecule is COC(=O)c1ccccc1-c1cc(C)cc(NCc2ccccn2)c1. The van der Waals surface area contributed by atoms with E-state index < -0.39 is 0 Å². The Labute approximate surface area is 147 Å². The number of hydrogen-bond acceptors (Lipinski definition) is 4. The molecular weight excluding hydrogens is 312 g/mol. The van der Waals surface area contributed by atoms with E-state index in [0.717, 1.165) is 28.1 Å². The summed E-state index contributed by atoms with van der Waals surface area (Å²) in [6, 6.07) is 19.5. The number of carbonyl (C=O) groups excluding carboxylic acids is 1. The van der Waals surface area contributed by atoms with E-state index in [1.807, 2.05) is 49.4 Å². The first-order chi connectivity index (χ1) is 12.2. The average Bonchev–Trinajstić information content (AvgIpc) is 2.66. The number of ether oxygens (including phenoxy) is 1. The monoisotopic (exact) mass is 332 g/mol. The summed E-state index contributed by atoms with van der Waals surface area (Å²) in [5.41, 5.74) is 5.47. The van der Waals surface area contributed by atoms with E-state index in [2.05, 4.69) is 22.4 Å². The largest absolute Gasteiger partial charge is 0.465 e. The fourth-order valence-corrected chi connectivity index (χ4v) is 2.76. The second kappa shape index (κ2) is 7.62. The van der Waals surface area contributed by atoms with Gasteiger partial charge in [-0.15, -0.1) is 0 Å². The van der Waals surface area contributed by atoms with Gasteiger partial charge in [-0.25, -0.2) is 4.79 Å². The van der Waals surface area contributed by atoms with Gasteiger partial charge in [-0.2, -0.15) is 0 Å². The Kier molecular flexibility index (Phi) is 5.09. The van der Waals surface area contributed by atoms with Gasteiger partial charge in [-0.3, -0.25) is 4.98 Å². The quantitative estimate of drug-likeness (QED) is 0.701. The third-order valence-electron chi connectivity index (χ3n) is 3.92. The zero-order chi connectivity index (χ0) is 17.6. The average molecular weight is 332 g/mol. The van der Waals surface area contributed by atoms with Crippen LogP contribution in [0.5, 0.6) is 0 Å². The number of rotatable bonds is 5. The molecule has 3 aromatic rings. The van der Waals surface area contributed by atoms with Crippen molar-refractivity contribution >= 4 is 11.7 Å². The number of carbonyl (C=O) groups is 1. The third-order valence-corrected chi connectivity index (χ3v) is 3.92. The standard InChI is InChI=1S/C21H20N2O2/c1-15-11-16(19-8-3-4-9-20(19)21(24)25-2)13-18(12-15)23-14-17-7-5-6-10-22-17/h3-13,23H,14H2,1-2H3. The molecule has 1 N–H and O–H groups in total. The zero-order valence-electron chi connectivity index (χ0n) is 14.3. The number of pyridine rings is 1. The number of methoxy groups -OCH3 is 1. The second-order valence-corrected chi connectivity index (χ2v) is 5.80. The molecular formula is C21H20N2O2. The lowest BCUT2D eigenvalue weighted by molar-refractivity contribution is 0.0601. The number of aryl methyl sites for hydroxylation is 1. The molecule has 0 aliphatic rings. The normalized spacial score (nSPS) is 10.3. The van der Waals surface area contributed by atoms with Gasteiger partial charge in [0.05, 0.1) is 24.9 Å². The summed E-state index contributed by atoms with van der Waals surface area (Å²) in [5.74, 6) is -0.333. The summed E-state index contributed by atoms with van der Waals surface area (Å²) in [6.45, 7) is 2.68. The molecule has 0 unspecified atom stereocenters. The Balaban J connectivity index is 1.91. The van der Waals surface area contributed by atoms with Crippen LogP contribution in [-0.4, -0.2) is 18.1 Å². The molecule has 0 saturated heterocycles. The van der Waals surface area contributed by atoms with Crippen LogP contribution >= 0.6 is 0 Å². The molecule has 0 amide bonds. The molecule has 1 aromatic heterocycles. The first kappa shape index (κ1) is 16.7. The van der Waals surface area contributed by atoms with E-state index in [1.165, 1.54) is 7.11 Å². The summed E-state index contributed by atoms with van der Waals surface area (Å²) >= 11 is 0. The van der Waals surface area contributed by atoms with E-state index in [1.54, 1.807) is 12.3 Å². The van der Waals surface area contributed by atoms with Crippen LogP contribution in [0.1, 0.15) is 21.6 Å². The molecule has 0 aliphatic carbocycles. The highest BCUT2D eigenvalue weighted by molar-refractivity contribution is 5.97. The van der Waals surface area contributed by atoms with Crippen molar-refractivity contribution in [2.24, 2.45) is 0 Å². The third kappa shape index (κ3) is 4.04. The van der Waals surface area contributed by atoms with E-state index in [4.69, 9.17) is 4.74 Å². The van der Waals surface area contributed by atoms with Crippen LogP contribution in [0.2, 0.25) is 0 Å². The molecule has 126 valence electrons. The van der Waals surface area contributed by atoms with Crippen molar-refractivity contribution in [3.63, 3.8) is 0 Å². The van der Waals surface area contributed by atoms with Crippen molar-refractivity contribution in [3.05, 3.63) is 83.7 Å². The van der Waals surface area contributed by atoms with Crippen molar-refractivity contribution in [3.8, 4) is 11.1 Å². The van der Waals surface area contributed by atoms with Crippen LogP contribution < -0.4 is 5.32 Å². The summed E-state index contributed by atoms with van der Waals surface area (Å²) in [5, 5.41) is 3.40.